The van der Waals surface area contributed by atoms with Gasteiger partial charge in [-0.15, -0.1) is 0 Å². The highest BCUT2D eigenvalue weighted by Gasteiger charge is 2.66. The number of hydrogen-bond acceptors (Lipinski definition) is 2. The molecular formula is C13H13F4NO2. The topological polar surface area (TPSA) is 49.3 Å². The molecule has 1 aromatic carbocycles. The van der Waals surface area contributed by atoms with E-state index in [1.807, 2.05) is 0 Å². The highest BCUT2D eigenvalue weighted by atomic mass is 19.4. The highest BCUT2D eigenvalue weighted by molar-refractivity contribution is 5.77. The molecule has 0 aromatic heterocycles. The lowest BCUT2D eigenvalue weighted by atomic mass is 9.74. The number of carboxylic acids is 1. The number of nitrogens with one attached hydrogen (secondary N) is 1. The zero-order chi connectivity index (χ0) is 15.0. The third-order valence-electron chi connectivity index (χ3n) is 3.77. The van der Waals surface area contributed by atoms with Crippen LogP contribution in [-0.2, 0) is 11.2 Å². The zero-order valence-corrected chi connectivity index (χ0v) is 10.4. The summed E-state index contributed by atoms with van der Waals surface area (Å²) in [5.41, 5.74) is -2.31. The summed E-state index contributed by atoms with van der Waals surface area (Å²) in [5.74, 6) is -3.48. The second-order valence-electron chi connectivity index (χ2n) is 4.93. The average molecular weight is 291 g/mol. The van der Waals surface area contributed by atoms with Crippen LogP contribution in [0.4, 0.5) is 17.6 Å². The Labute approximate surface area is 112 Å². The van der Waals surface area contributed by atoms with Crippen LogP contribution in [0.15, 0.2) is 24.3 Å². The van der Waals surface area contributed by atoms with E-state index < -0.39 is 35.8 Å². The van der Waals surface area contributed by atoms with Gasteiger partial charge in [-0.2, -0.15) is 13.2 Å². The van der Waals surface area contributed by atoms with Crippen LogP contribution in [0.3, 0.4) is 0 Å². The monoisotopic (exact) mass is 291 g/mol. The van der Waals surface area contributed by atoms with Gasteiger partial charge in [0.05, 0.1) is 0 Å². The van der Waals surface area contributed by atoms with Crippen LogP contribution in [0.5, 0.6) is 0 Å². The molecule has 1 aliphatic heterocycles. The lowest BCUT2D eigenvalue weighted by Crippen LogP contribution is -2.51. The molecule has 0 saturated carbocycles. The third kappa shape index (κ3) is 2.37. The zero-order valence-electron chi connectivity index (χ0n) is 10.4. The maximum Gasteiger partial charge on any atom is 0.406 e. The van der Waals surface area contributed by atoms with Crippen molar-refractivity contribution >= 4 is 5.97 Å². The molecule has 1 aromatic rings. The number of aliphatic carboxylic acids is 1. The molecule has 0 bridgehead atoms. The van der Waals surface area contributed by atoms with Gasteiger partial charge in [0.2, 0.25) is 0 Å². The van der Waals surface area contributed by atoms with Crippen LogP contribution in [0, 0.1) is 17.2 Å². The van der Waals surface area contributed by atoms with Gasteiger partial charge in [-0.3, -0.25) is 4.79 Å². The number of carbonyl (C=O) groups is 1. The molecule has 2 atom stereocenters. The molecule has 2 N–H and O–H groups in total. The second kappa shape index (κ2) is 5.05. The molecular weight excluding hydrogens is 278 g/mol. The van der Waals surface area contributed by atoms with E-state index in [1.54, 1.807) is 0 Å². The average Bonchev–Trinajstić information content (AvgIpc) is 2.76. The Morgan fingerprint density at radius 1 is 1.35 bits per heavy atom. The fourth-order valence-corrected chi connectivity index (χ4v) is 2.62. The highest BCUT2D eigenvalue weighted by Crippen LogP contribution is 2.47. The first-order chi connectivity index (χ1) is 9.27. The summed E-state index contributed by atoms with van der Waals surface area (Å²) < 4.78 is 52.4. The van der Waals surface area contributed by atoms with E-state index in [1.165, 1.54) is 12.1 Å². The molecule has 20 heavy (non-hydrogen) atoms. The fourth-order valence-electron chi connectivity index (χ4n) is 2.62. The van der Waals surface area contributed by atoms with Crippen molar-refractivity contribution in [2.45, 2.75) is 12.6 Å². The Morgan fingerprint density at radius 2 is 1.95 bits per heavy atom. The Kier molecular flexibility index (Phi) is 3.73. The molecule has 1 aliphatic rings. The van der Waals surface area contributed by atoms with Gasteiger partial charge in [-0.25, -0.2) is 4.39 Å². The molecule has 2 rings (SSSR count). The summed E-state index contributed by atoms with van der Waals surface area (Å²) >= 11 is 0. The van der Waals surface area contributed by atoms with Crippen molar-refractivity contribution in [1.82, 2.24) is 5.32 Å². The first-order valence-corrected chi connectivity index (χ1v) is 6.02. The SMILES string of the molecule is O=C(O)[C@]1(C(F)(F)F)CNC[C@H]1Cc1ccc(F)cc1. The van der Waals surface area contributed by atoms with Crippen LogP contribution in [-0.4, -0.2) is 30.3 Å². The number of hydrogen-bond donors (Lipinski definition) is 2. The number of benzene rings is 1. The van der Waals surface area contributed by atoms with E-state index in [2.05, 4.69) is 5.32 Å². The van der Waals surface area contributed by atoms with Crippen LogP contribution < -0.4 is 5.32 Å². The molecule has 0 radical (unpaired) electrons. The van der Waals surface area contributed by atoms with Crippen molar-refractivity contribution in [3.63, 3.8) is 0 Å². The number of alkyl halides is 3. The number of halogens is 4. The van der Waals surface area contributed by atoms with Gasteiger partial charge < -0.3 is 10.4 Å². The van der Waals surface area contributed by atoms with Crippen molar-refractivity contribution in [3.8, 4) is 0 Å². The van der Waals surface area contributed by atoms with Crippen LogP contribution in [0.2, 0.25) is 0 Å². The molecule has 110 valence electrons. The van der Waals surface area contributed by atoms with E-state index in [-0.39, 0.29) is 13.0 Å². The van der Waals surface area contributed by atoms with E-state index in [4.69, 9.17) is 5.11 Å². The molecule has 0 unspecified atom stereocenters. The minimum absolute atomic E-state index is 0.0385. The van der Waals surface area contributed by atoms with Gasteiger partial charge >= 0.3 is 12.1 Å². The van der Waals surface area contributed by atoms with Gasteiger partial charge in [0.1, 0.15) is 5.82 Å². The Morgan fingerprint density at radius 3 is 2.45 bits per heavy atom. The van der Waals surface area contributed by atoms with Gasteiger partial charge in [0.15, 0.2) is 5.41 Å². The van der Waals surface area contributed by atoms with Crippen molar-refractivity contribution in [2.75, 3.05) is 13.1 Å². The molecule has 3 nitrogen and oxygen atoms in total. The van der Waals surface area contributed by atoms with E-state index in [0.717, 1.165) is 12.1 Å². The fraction of sp³-hybridized carbons (Fsp3) is 0.462. The van der Waals surface area contributed by atoms with Crippen molar-refractivity contribution < 1.29 is 27.5 Å². The molecule has 1 fully saturated rings. The van der Waals surface area contributed by atoms with E-state index in [0.29, 0.717) is 5.56 Å². The minimum Gasteiger partial charge on any atom is -0.481 e. The van der Waals surface area contributed by atoms with Crippen LogP contribution in [0.1, 0.15) is 5.56 Å². The summed E-state index contributed by atoms with van der Waals surface area (Å²) in [4.78, 5) is 11.2. The van der Waals surface area contributed by atoms with Crippen LogP contribution >= 0.6 is 0 Å². The minimum atomic E-state index is -4.84. The molecule has 0 spiro atoms. The van der Waals surface area contributed by atoms with Crippen molar-refractivity contribution in [2.24, 2.45) is 11.3 Å². The summed E-state index contributed by atoms with van der Waals surface area (Å²) in [6, 6.07) is 5.04. The summed E-state index contributed by atoms with van der Waals surface area (Å²) in [6.45, 7) is -0.680. The Bertz CT molecular complexity index is 500. The molecule has 0 aliphatic carbocycles. The van der Waals surface area contributed by atoms with Gasteiger partial charge in [0, 0.05) is 12.5 Å². The van der Waals surface area contributed by atoms with Gasteiger partial charge in [-0.05, 0) is 30.7 Å². The largest absolute Gasteiger partial charge is 0.481 e. The predicted octanol–water partition coefficient (Wildman–Crippen LogP) is 2.22. The molecule has 7 heteroatoms. The summed E-state index contributed by atoms with van der Waals surface area (Å²) in [5, 5.41) is 11.6. The lowest BCUT2D eigenvalue weighted by Gasteiger charge is -2.32. The summed E-state index contributed by atoms with van der Waals surface area (Å²) in [6.07, 6.45) is -4.91. The first-order valence-electron chi connectivity index (χ1n) is 6.02. The van der Waals surface area contributed by atoms with Crippen molar-refractivity contribution in [1.29, 1.82) is 0 Å². The Balaban J connectivity index is 2.30. The van der Waals surface area contributed by atoms with E-state index in [9.17, 15) is 22.4 Å². The number of carboxylic acid groups (broad SMARTS) is 1. The van der Waals surface area contributed by atoms with Gasteiger partial charge in [-0.1, -0.05) is 12.1 Å². The van der Waals surface area contributed by atoms with E-state index >= 15 is 0 Å². The molecule has 1 heterocycles. The number of rotatable bonds is 3. The predicted molar refractivity (Wildman–Crippen MR) is 62.6 cm³/mol. The normalized spacial score (nSPS) is 26.7. The lowest BCUT2D eigenvalue weighted by molar-refractivity contribution is -0.236. The van der Waals surface area contributed by atoms with Crippen LogP contribution in [0.25, 0.3) is 0 Å². The smallest absolute Gasteiger partial charge is 0.406 e. The Hall–Kier alpha value is -1.63. The second-order valence-corrected chi connectivity index (χ2v) is 4.93. The third-order valence-corrected chi connectivity index (χ3v) is 3.77. The maximum absolute atomic E-state index is 13.2. The van der Waals surface area contributed by atoms with Gasteiger partial charge in [0.25, 0.3) is 0 Å². The standard InChI is InChI=1S/C13H13F4NO2/c14-10-3-1-8(2-4-10)5-9-6-18-7-12(9,11(19)20)13(15,16)17/h1-4,9,18H,5-7H2,(H,19,20)/t9-,12+/m1/s1. The molecule has 0 amide bonds. The maximum atomic E-state index is 13.2. The summed E-state index contributed by atoms with van der Waals surface area (Å²) in [7, 11) is 0. The molecule has 1 saturated heterocycles. The first kappa shape index (κ1) is 14.8. The van der Waals surface area contributed by atoms with Crippen molar-refractivity contribution in [3.05, 3.63) is 35.6 Å². The quantitative estimate of drug-likeness (QED) is 0.840.